The zero-order valence-corrected chi connectivity index (χ0v) is 5.94. The summed E-state index contributed by atoms with van der Waals surface area (Å²) in [7, 11) is 0. The van der Waals surface area contributed by atoms with Crippen molar-refractivity contribution in [1.82, 2.24) is 0 Å². The van der Waals surface area contributed by atoms with E-state index in [1.807, 2.05) is 0 Å². The van der Waals surface area contributed by atoms with Crippen molar-refractivity contribution in [2.75, 3.05) is 0 Å². The molecule has 0 fully saturated rings. The van der Waals surface area contributed by atoms with Crippen LogP contribution >= 0.6 is 0 Å². The Hall–Kier alpha value is -0.0257. The van der Waals surface area contributed by atoms with Gasteiger partial charge in [0.2, 0.25) is 0 Å². The van der Waals surface area contributed by atoms with Crippen LogP contribution in [-0.4, -0.2) is 3.69 Å². The van der Waals surface area contributed by atoms with E-state index in [1.165, 1.54) is 6.92 Å². The van der Waals surface area contributed by atoms with Crippen LogP contribution in [-0.2, 0) is 30.3 Å². The van der Waals surface area contributed by atoms with Gasteiger partial charge in [0.15, 0.2) is 0 Å². The molecule has 0 aromatic carbocycles. The fourth-order valence-electron chi connectivity index (χ4n) is 0.107. The van der Waals surface area contributed by atoms with E-state index in [9.17, 15) is 3.32 Å². The molecule has 0 saturated heterocycles. The van der Waals surface area contributed by atoms with Crippen molar-refractivity contribution in [2.45, 2.75) is 6.92 Å². The average Bonchev–Trinajstić information content (AvgIpc) is 1.61. The van der Waals surface area contributed by atoms with Crippen LogP contribution in [0.5, 0.6) is 0 Å². The Kier molecular flexibility index (Phi) is 3.90. The monoisotopic (exact) mass is 154 g/mol. The third-order valence-electron chi connectivity index (χ3n) is 0.255. The first-order chi connectivity index (χ1) is 3.63. The summed E-state index contributed by atoms with van der Waals surface area (Å²) in [5.74, 6) is 0.264. The summed E-state index contributed by atoms with van der Waals surface area (Å²) >= 11 is -3.48. The van der Waals surface area contributed by atoms with E-state index >= 15 is 0 Å². The normalized spacial score (nSPS) is 8.25. The molecule has 46 valence electrons. The van der Waals surface area contributed by atoms with Crippen molar-refractivity contribution in [3.8, 4) is 0 Å². The molecule has 0 heterocycles. The van der Waals surface area contributed by atoms with Gasteiger partial charge in [0.1, 0.15) is 0 Å². The summed E-state index contributed by atoms with van der Waals surface area (Å²) in [6.45, 7) is 4.77. The summed E-state index contributed by atoms with van der Waals surface area (Å²) in [5.41, 5.74) is 0. The van der Waals surface area contributed by atoms with Crippen molar-refractivity contribution in [2.24, 2.45) is 0 Å². The number of hydrogen-bond acceptors (Lipinski definition) is 3. The first-order valence-electron chi connectivity index (χ1n) is 1.86. The Morgan fingerprint density at radius 2 is 2.38 bits per heavy atom. The summed E-state index contributed by atoms with van der Waals surface area (Å²) in [5, 5.41) is 0. The number of hydrogen-bond donors (Lipinski definition) is 1. The van der Waals surface area contributed by atoms with Gasteiger partial charge in [-0.2, -0.15) is 0 Å². The van der Waals surface area contributed by atoms with Gasteiger partial charge < -0.3 is 0 Å². The molecule has 0 aliphatic rings. The average molecular weight is 154 g/mol. The molecule has 4 nitrogen and oxygen atoms in total. The molecular formula is C3H6O4Ti. The first-order valence-corrected chi connectivity index (χ1v) is 3.83. The topological polar surface area (TPSA) is 55.8 Å². The summed E-state index contributed by atoms with van der Waals surface area (Å²) < 4.78 is 21.7. The van der Waals surface area contributed by atoms with Gasteiger partial charge in [0.05, 0.1) is 0 Å². The minimum absolute atomic E-state index is 0.264. The Balaban J connectivity index is 3.18. The standard InChI is InChI=1S/C3H6O2.H2O.O.Ti/c1-3(2)5-4;;;/h4H,1H2,2H3;1H2;;/q;;;+2/p-2. The van der Waals surface area contributed by atoms with Crippen molar-refractivity contribution >= 4 is 0 Å². The summed E-state index contributed by atoms with van der Waals surface area (Å²) in [4.78, 5) is 4.12. The molecule has 0 aromatic heterocycles. The molecule has 8 heavy (non-hydrogen) atoms. The van der Waals surface area contributed by atoms with Gasteiger partial charge in [-0.05, 0) is 0 Å². The zero-order valence-electron chi connectivity index (χ0n) is 4.38. The molecule has 0 unspecified atom stereocenters. The number of rotatable bonds is 3. The molecular weight excluding hydrogens is 148 g/mol. The van der Waals surface area contributed by atoms with Crippen molar-refractivity contribution < 1.29 is 34.0 Å². The van der Waals surface area contributed by atoms with Crippen molar-refractivity contribution in [3.63, 3.8) is 0 Å². The fraction of sp³-hybridized carbons (Fsp3) is 0.333. The number of allylic oxidation sites excluding steroid dienone is 1. The van der Waals surface area contributed by atoms with Crippen LogP contribution in [0.2, 0.25) is 0 Å². The van der Waals surface area contributed by atoms with Gasteiger partial charge in [-0.3, -0.25) is 0 Å². The SMILES string of the molecule is C=C(C)O[O][Ti](=[O])[OH]. The Labute approximate surface area is 53.8 Å². The minimum atomic E-state index is -3.48. The molecule has 0 saturated carbocycles. The summed E-state index contributed by atoms with van der Waals surface area (Å²) in [6.07, 6.45) is 0. The Bertz CT molecular complexity index is 95.9. The Morgan fingerprint density at radius 1 is 1.88 bits per heavy atom. The van der Waals surface area contributed by atoms with Crippen LogP contribution in [0.25, 0.3) is 0 Å². The molecule has 0 rings (SSSR count). The second kappa shape index (κ2) is 3.91. The van der Waals surface area contributed by atoms with Gasteiger partial charge in [-0.1, -0.05) is 0 Å². The molecule has 0 spiro atoms. The predicted molar refractivity (Wildman–Crippen MR) is 19.9 cm³/mol. The predicted octanol–water partition coefficient (Wildman–Crippen LogP) is 0.254. The van der Waals surface area contributed by atoms with Gasteiger partial charge in [0.25, 0.3) is 0 Å². The van der Waals surface area contributed by atoms with E-state index in [-0.39, 0.29) is 5.76 Å². The molecule has 0 amide bonds. The van der Waals surface area contributed by atoms with Crippen LogP contribution in [0.3, 0.4) is 0 Å². The second-order valence-corrected chi connectivity index (χ2v) is 2.23. The van der Waals surface area contributed by atoms with Crippen LogP contribution in [0.4, 0.5) is 0 Å². The molecule has 1 N–H and O–H groups in total. The van der Waals surface area contributed by atoms with E-state index in [1.54, 1.807) is 0 Å². The van der Waals surface area contributed by atoms with E-state index in [4.69, 9.17) is 3.69 Å². The zero-order chi connectivity index (χ0) is 6.57. The molecule has 0 aromatic rings. The third kappa shape index (κ3) is 5.97. The molecule has 5 heteroatoms. The van der Waals surface area contributed by atoms with E-state index in [0.717, 1.165) is 0 Å². The van der Waals surface area contributed by atoms with Gasteiger partial charge in [0, 0.05) is 0 Å². The maximum atomic E-state index is 9.77. The van der Waals surface area contributed by atoms with Crippen LogP contribution in [0.1, 0.15) is 6.92 Å². The van der Waals surface area contributed by atoms with Gasteiger partial charge in [-0.25, -0.2) is 0 Å². The van der Waals surface area contributed by atoms with Gasteiger partial charge in [-0.15, -0.1) is 0 Å². The third-order valence-corrected chi connectivity index (χ3v) is 0.608. The first kappa shape index (κ1) is 7.97. The molecule has 0 aliphatic carbocycles. The van der Waals surface area contributed by atoms with E-state index in [2.05, 4.69) is 14.9 Å². The fourth-order valence-corrected chi connectivity index (χ4v) is 0.440. The molecule has 0 bridgehead atoms. The maximum absolute atomic E-state index is 9.77. The summed E-state index contributed by atoms with van der Waals surface area (Å²) in [6, 6.07) is 0. The molecule has 0 atom stereocenters. The van der Waals surface area contributed by atoms with E-state index in [0.29, 0.717) is 0 Å². The van der Waals surface area contributed by atoms with Crippen LogP contribution in [0, 0.1) is 0 Å². The van der Waals surface area contributed by atoms with Crippen molar-refractivity contribution in [3.05, 3.63) is 12.3 Å². The second-order valence-electron chi connectivity index (χ2n) is 1.13. The van der Waals surface area contributed by atoms with Gasteiger partial charge >= 0.3 is 53.2 Å². The quantitative estimate of drug-likeness (QED) is 0.274. The Morgan fingerprint density at radius 3 is 2.50 bits per heavy atom. The molecule has 0 aliphatic heterocycles. The van der Waals surface area contributed by atoms with Crippen LogP contribution in [0.15, 0.2) is 12.3 Å². The van der Waals surface area contributed by atoms with Crippen LogP contribution < -0.4 is 0 Å². The van der Waals surface area contributed by atoms with Crippen molar-refractivity contribution in [1.29, 1.82) is 0 Å². The molecule has 0 radical (unpaired) electrons. The van der Waals surface area contributed by atoms with E-state index < -0.39 is 18.6 Å².